The van der Waals surface area contributed by atoms with Crippen molar-refractivity contribution >= 4 is 53.3 Å². The van der Waals surface area contributed by atoms with Crippen molar-refractivity contribution in [2.75, 3.05) is 0 Å². The molecule has 0 unspecified atom stereocenters. The fraction of sp³-hybridized carbons (Fsp3) is 0. The van der Waals surface area contributed by atoms with Gasteiger partial charge in [0.1, 0.15) is 0 Å². The largest absolute Gasteiger partial charge is 0.355 e. The van der Waals surface area contributed by atoms with Crippen LogP contribution in [0, 0.1) is 0 Å². The van der Waals surface area contributed by atoms with Gasteiger partial charge in [0.15, 0.2) is 0 Å². The second kappa shape index (κ2) is 11.7. The number of benzene rings is 8. The zero-order valence-electron chi connectivity index (χ0n) is 27.2. The van der Waals surface area contributed by atoms with Gasteiger partial charge in [0.05, 0.1) is 0 Å². The molecule has 2 heterocycles. The van der Waals surface area contributed by atoms with Gasteiger partial charge < -0.3 is 4.98 Å². The van der Waals surface area contributed by atoms with Crippen LogP contribution in [0.4, 0.5) is 0 Å². The molecule has 0 fully saturated rings. The number of H-pyrrole nitrogens is 1. The molecule has 234 valence electrons. The Hall–Kier alpha value is -6.22. The number of thiophene rings is 1. The third kappa shape index (κ3) is 4.76. The molecule has 0 aliphatic carbocycles. The average Bonchev–Trinajstić information content (AvgIpc) is 3.76. The van der Waals surface area contributed by atoms with E-state index in [4.69, 9.17) is 0 Å². The van der Waals surface area contributed by atoms with Crippen LogP contribution in [0.2, 0.25) is 0 Å². The van der Waals surface area contributed by atoms with Gasteiger partial charge in [-0.1, -0.05) is 140 Å². The number of rotatable bonds is 5. The number of hydrogen-bond acceptors (Lipinski definition) is 1. The first-order valence-electron chi connectivity index (χ1n) is 17.1. The molecule has 0 bridgehead atoms. The van der Waals surface area contributed by atoms with Crippen LogP contribution < -0.4 is 0 Å². The topological polar surface area (TPSA) is 15.8 Å². The average molecular weight is 654 g/mol. The molecule has 1 N–H and O–H groups in total. The highest BCUT2D eigenvalue weighted by atomic mass is 32.1. The first kappa shape index (κ1) is 28.8. The molecule has 10 aromatic rings. The van der Waals surface area contributed by atoms with E-state index in [1.54, 1.807) is 0 Å². The van der Waals surface area contributed by atoms with Gasteiger partial charge in [-0.05, 0) is 92.5 Å². The molecule has 50 heavy (non-hydrogen) atoms. The summed E-state index contributed by atoms with van der Waals surface area (Å²) in [6, 6.07) is 66.4. The maximum absolute atomic E-state index is 3.62. The quantitative estimate of drug-likeness (QED) is 0.190. The molecule has 0 saturated carbocycles. The van der Waals surface area contributed by atoms with E-state index >= 15 is 0 Å². The first-order valence-corrected chi connectivity index (χ1v) is 17.9. The molecule has 2 aromatic heterocycles. The summed E-state index contributed by atoms with van der Waals surface area (Å²) in [4.78, 5) is 3.62. The predicted molar refractivity (Wildman–Crippen MR) is 216 cm³/mol. The number of aromatic amines is 1. The Morgan fingerprint density at radius 2 is 0.800 bits per heavy atom. The van der Waals surface area contributed by atoms with E-state index in [0.717, 1.165) is 5.52 Å². The fourth-order valence-electron chi connectivity index (χ4n) is 7.64. The van der Waals surface area contributed by atoms with Crippen molar-refractivity contribution in [3.8, 4) is 55.6 Å². The molecule has 0 amide bonds. The zero-order chi connectivity index (χ0) is 33.0. The SMILES string of the molecule is c1ccc(-c2ccccc2-c2ccc3sc4c(-c5ccc6[nH]c7ccccc7c6c5)cc(-c5ccccc5-c5ccccc5)cc4c3c2)cc1. The minimum atomic E-state index is 1.16. The summed E-state index contributed by atoms with van der Waals surface area (Å²) in [5.41, 5.74) is 14.7. The molecule has 2 heteroatoms. The molecule has 1 nitrogen and oxygen atoms in total. The fourth-order valence-corrected chi connectivity index (χ4v) is 8.84. The molecule has 0 aliphatic rings. The predicted octanol–water partition coefficient (Wildman–Crippen LogP) is 14.0. The highest BCUT2D eigenvalue weighted by molar-refractivity contribution is 7.26. The standard InChI is InChI=1S/C48H31NS/c1-3-13-31(14-4-1)36-17-7-9-19-38(36)33-24-26-47-43(28-33)44-30-35(39-20-10-8-18-37(39)32-15-5-2-6-16-32)29-41(48(44)50-47)34-23-25-46-42(27-34)40-21-11-12-22-45(40)49-46/h1-30,49H. The zero-order valence-corrected chi connectivity index (χ0v) is 28.0. The number of nitrogens with one attached hydrogen (secondary N) is 1. The van der Waals surface area contributed by atoms with Crippen LogP contribution in [0.25, 0.3) is 97.6 Å². The van der Waals surface area contributed by atoms with Crippen LogP contribution in [0.3, 0.4) is 0 Å². The molecule has 0 atom stereocenters. The summed E-state index contributed by atoms with van der Waals surface area (Å²) < 4.78 is 2.61. The van der Waals surface area contributed by atoms with E-state index in [1.807, 2.05) is 11.3 Å². The van der Waals surface area contributed by atoms with Gasteiger partial charge in [-0.15, -0.1) is 11.3 Å². The monoisotopic (exact) mass is 653 g/mol. The Morgan fingerprint density at radius 1 is 0.300 bits per heavy atom. The van der Waals surface area contributed by atoms with E-state index < -0.39 is 0 Å². The van der Waals surface area contributed by atoms with Gasteiger partial charge in [0, 0.05) is 47.5 Å². The molecule has 0 spiro atoms. The van der Waals surface area contributed by atoms with Crippen molar-refractivity contribution in [3.63, 3.8) is 0 Å². The highest BCUT2D eigenvalue weighted by Crippen LogP contribution is 2.46. The molecule has 8 aromatic carbocycles. The minimum Gasteiger partial charge on any atom is -0.355 e. The van der Waals surface area contributed by atoms with Gasteiger partial charge in [0.25, 0.3) is 0 Å². The number of hydrogen-bond donors (Lipinski definition) is 1. The van der Waals surface area contributed by atoms with Crippen LogP contribution in [-0.2, 0) is 0 Å². The van der Waals surface area contributed by atoms with Crippen LogP contribution in [0.5, 0.6) is 0 Å². The van der Waals surface area contributed by atoms with Crippen molar-refractivity contribution in [2.45, 2.75) is 0 Å². The van der Waals surface area contributed by atoms with E-state index in [1.165, 1.54) is 92.1 Å². The van der Waals surface area contributed by atoms with Gasteiger partial charge >= 0.3 is 0 Å². The summed E-state index contributed by atoms with van der Waals surface area (Å²) in [7, 11) is 0. The summed E-state index contributed by atoms with van der Waals surface area (Å²) in [5.74, 6) is 0. The Balaban J connectivity index is 1.24. The van der Waals surface area contributed by atoms with E-state index in [2.05, 4.69) is 187 Å². The van der Waals surface area contributed by atoms with Crippen LogP contribution >= 0.6 is 11.3 Å². The first-order chi connectivity index (χ1) is 24.8. The van der Waals surface area contributed by atoms with Crippen molar-refractivity contribution in [1.82, 2.24) is 4.98 Å². The smallest absolute Gasteiger partial charge is 0.0465 e. The second-order valence-electron chi connectivity index (χ2n) is 13.0. The number of fused-ring (bicyclic) bond motifs is 6. The molecule has 0 saturated heterocycles. The lowest BCUT2D eigenvalue weighted by Gasteiger charge is -2.14. The van der Waals surface area contributed by atoms with Gasteiger partial charge in [-0.25, -0.2) is 0 Å². The lowest BCUT2D eigenvalue weighted by molar-refractivity contribution is 1.54. The van der Waals surface area contributed by atoms with Gasteiger partial charge in [0.2, 0.25) is 0 Å². The second-order valence-corrected chi connectivity index (χ2v) is 14.0. The van der Waals surface area contributed by atoms with Gasteiger partial charge in [-0.3, -0.25) is 0 Å². The molecular formula is C48H31NS. The van der Waals surface area contributed by atoms with E-state index in [-0.39, 0.29) is 0 Å². The molecule has 10 rings (SSSR count). The number of aromatic nitrogens is 1. The Labute approximate surface area is 294 Å². The van der Waals surface area contributed by atoms with E-state index in [9.17, 15) is 0 Å². The summed E-state index contributed by atoms with van der Waals surface area (Å²) in [6.07, 6.45) is 0. The maximum atomic E-state index is 3.62. The molecule has 0 radical (unpaired) electrons. The summed E-state index contributed by atoms with van der Waals surface area (Å²) in [6.45, 7) is 0. The Bertz CT molecular complexity index is 2860. The summed E-state index contributed by atoms with van der Waals surface area (Å²) in [5, 5.41) is 5.09. The molecular weight excluding hydrogens is 623 g/mol. The Kier molecular flexibility index (Phi) is 6.75. The molecule has 0 aliphatic heterocycles. The lowest BCUT2D eigenvalue weighted by Crippen LogP contribution is -1.87. The normalized spacial score (nSPS) is 11.6. The summed E-state index contributed by atoms with van der Waals surface area (Å²) >= 11 is 1.90. The third-order valence-electron chi connectivity index (χ3n) is 10.0. The van der Waals surface area contributed by atoms with E-state index in [0.29, 0.717) is 0 Å². The van der Waals surface area contributed by atoms with Crippen molar-refractivity contribution < 1.29 is 0 Å². The van der Waals surface area contributed by atoms with Crippen molar-refractivity contribution in [1.29, 1.82) is 0 Å². The van der Waals surface area contributed by atoms with Crippen LogP contribution in [-0.4, -0.2) is 4.98 Å². The Morgan fingerprint density at radius 3 is 1.50 bits per heavy atom. The maximum Gasteiger partial charge on any atom is 0.0465 e. The highest BCUT2D eigenvalue weighted by Gasteiger charge is 2.18. The van der Waals surface area contributed by atoms with Gasteiger partial charge in [-0.2, -0.15) is 0 Å². The minimum absolute atomic E-state index is 1.16. The lowest BCUT2D eigenvalue weighted by atomic mass is 9.90. The van der Waals surface area contributed by atoms with Crippen molar-refractivity contribution in [3.05, 3.63) is 182 Å². The third-order valence-corrected chi connectivity index (χ3v) is 11.3. The van der Waals surface area contributed by atoms with Crippen LogP contribution in [0.15, 0.2) is 182 Å². The number of para-hydroxylation sites is 1. The van der Waals surface area contributed by atoms with Crippen LogP contribution in [0.1, 0.15) is 0 Å². The van der Waals surface area contributed by atoms with Crippen molar-refractivity contribution in [2.24, 2.45) is 0 Å².